The summed E-state index contributed by atoms with van der Waals surface area (Å²) in [4.78, 5) is 28.9. The molecule has 5 rings (SSSR count). The number of carbonyl (C=O) groups is 2. The molecular weight excluding hydrogens is 441 g/mol. The summed E-state index contributed by atoms with van der Waals surface area (Å²) >= 11 is 5.64. The molecule has 0 radical (unpaired) electrons. The van der Waals surface area contributed by atoms with Crippen molar-refractivity contribution >= 4 is 23.4 Å². The highest BCUT2D eigenvalue weighted by atomic mass is 35.5. The maximum Gasteiger partial charge on any atom is 0.270 e. The van der Waals surface area contributed by atoms with Crippen molar-refractivity contribution in [2.75, 3.05) is 6.61 Å². The summed E-state index contributed by atoms with van der Waals surface area (Å²) < 4.78 is 18.8. The van der Waals surface area contributed by atoms with Gasteiger partial charge in [0.05, 0.1) is 16.7 Å². The summed E-state index contributed by atoms with van der Waals surface area (Å²) in [5, 5.41) is 26.1. The Hall–Kier alpha value is -2.91. The number of carbonyl (C=O) groups excluding carboxylic acids is 2. The minimum atomic E-state index is -0.862. The Bertz CT molecular complexity index is 1040. The van der Waals surface area contributed by atoms with Crippen LogP contribution in [-0.2, 0) is 4.79 Å². The molecule has 0 aliphatic heterocycles. The summed E-state index contributed by atoms with van der Waals surface area (Å²) in [6, 6.07) is 8.32. The Labute approximate surface area is 188 Å². The number of hydrogen-bond donors (Lipinski definition) is 4. The van der Waals surface area contributed by atoms with Crippen molar-refractivity contribution < 1.29 is 28.9 Å². The molecule has 8 nitrogen and oxygen atoms in total. The van der Waals surface area contributed by atoms with Crippen molar-refractivity contribution in [3.05, 3.63) is 52.9 Å². The zero-order chi connectivity index (χ0) is 22.9. The average molecular weight is 464 g/mol. The van der Waals surface area contributed by atoms with E-state index in [1.54, 1.807) is 0 Å². The van der Waals surface area contributed by atoms with E-state index in [2.05, 4.69) is 15.6 Å². The molecule has 3 aliphatic carbocycles. The van der Waals surface area contributed by atoms with Crippen LogP contribution in [-0.4, -0.2) is 50.8 Å². The SMILES string of the molecule is O=C(COc1ccc(Cl)c(F)c1)NC12CCC(NC(=O)c3cccc(O)n3)(CC1)CC2O. The number of aliphatic hydroxyl groups is 1. The quantitative estimate of drug-likeness (QED) is 0.521. The second kappa shape index (κ2) is 8.55. The number of benzene rings is 1. The molecule has 2 bridgehead atoms. The number of aliphatic hydroxyl groups excluding tert-OH is 1. The highest BCUT2D eigenvalue weighted by molar-refractivity contribution is 6.30. The van der Waals surface area contributed by atoms with Crippen molar-refractivity contribution in [3.63, 3.8) is 0 Å². The molecule has 32 heavy (non-hydrogen) atoms. The molecule has 2 aromatic rings. The molecule has 10 heteroatoms. The zero-order valence-electron chi connectivity index (χ0n) is 17.1. The van der Waals surface area contributed by atoms with E-state index < -0.39 is 34.8 Å². The van der Waals surface area contributed by atoms with E-state index in [0.29, 0.717) is 25.7 Å². The second-order valence-electron chi connectivity index (χ2n) is 8.40. The topological polar surface area (TPSA) is 121 Å². The average Bonchev–Trinajstić information content (AvgIpc) is 2.76. The smallest absolute Gasteiger partial charge is 0.270 e. The van der Waals surface area contributed by atoms with Gasteiger partial charge in [0.15, 0.2) is 6.61 Å². The van der Waals surface area contributed by atoms with Gasteiger partial charge in [-0.2, -0.15) is 0 Å². The van der Waals surface area contributed by atoms with E-state index in [1.807, 2.05) is 0 Å². The molecule has 0 spiro atoms. The van der Waals surface area contributed by atoms with Crippen LogP contribution in [0.2, 0.25) is 5.02 Å². The molecule has 0 saturated heterocycles. The minimum absolute atomic E-state index is 0.0383. The van der Waals surface area contributed by atoms with E-state index in [0.717, 1.165) is 6.07 Å². The molecule has 1 aromatic carbocycles. The van der Waals surface area contributed by atoms with Gasteiger partial charge in [-0.25, -0.2) is 9.37 Å². The molecule has 170 valence electrons. The fraction of sp³-hybridized carbons (Fsp3) is 0.409. The van der Waals surface area contributed by atoms with Crippen molar-refractivity contribution in [1.82, 2.24) is 15.6 Å². The number of fused-ring (bicyclic) bond motifs is 3. The van der Waals surface area contributed by atoms with Crippen molar-refractivity contribution in [2.45, 2.75) is 49.3 Å². The first-order valence-corrected chi connectivity index (χ1v) is 10.6. The van der Waals surface area contributed by atoms with Crippen LogP contribution in [0.1, 0.15) is 42.6 Å². The number of aromatic hydroxyl groups is 1. The Morgan fingerprint density at radius 1 is 1.19 bits per heavy atom. The predicted octanol–water partition coefficient (Wildman–Crippen LogP) is 2.32. The minimum Gasteiger partial charge on any atom is -0.493 e. The van der Waals surface area contributed by atoms with E-state index in [1.165, 1.54) is 30.3 Å². The van der Waals surface area contributed by atoms with Crippen molar-refractivity contribution in [3.8, 4) is 11.6 Å². The number of pyridine rings is 1. The number of rotatable bonds is 6. The summed E-state index contributed by atoms with van der Waals surface area (Å²) in [6.07, 6.45) is 1.50. The number of nitrogens with one attached hydrogen (secondary N) is 2. The molecule has 1 aromatic heterocycles. The molecule has 3 saturated carbocycles. The summed E-state index contributed by atoms with van der Waals surface area (Å²) in [5.74, 6) is -1.56. The predicted molar refractivity (Wildman–Crippen MR) is 113 cm³/mol. The van der Waals surface area contributed by atoms with Gasteiger partial charge in [0.2, 0.25) is 5.88 Å². The fourth-order valence-electron chi connectivity index (χ4n) is 4.55. The van der Waals surface area contributed by atoms with Crippen LogP contribution in [0.3, 0.4) is 0 Å². The van der Waals surface area contributed by atoms with Gasteiger partial charge in [0.1, 0.15) is 17.3 Å². The third kappa shape index (κ3) is 4.49. The third-order valence-corrected chi connectivity index (χ3v) is 6.62. The van der Waals surface area contributed by atoms with Gasteiger partial charge in [-0.3, -0.25) is 9.59 Å². The molecular formula is C22H23ClFN3O5. The molecule has 1 atom stereocenters. The Kier molecular flexibility index (Phi) is 5.96. The third-order valence-electron chi connectivity index (χ3n) is 6.32. The molecule has 3 fully saturated rings. The van der Waals surface area contributed by atoms with Crippen LogP contribution < -0.4 is 15.4 Å². The molecule has 1 unspecified atom stereocenters. The van der Waals surface area contributed by atoms with Gasteiger partial charge >= 0.3 is 0 Å². The normalized spacial score (nSPS) is 26.4. The first kappa shape index (κ1) is 22.3. The highest BCUT2D eigenvalue weighted by Crippen LogP contribution is 2.47. The molecule has 3 aliphatic rings. The van der Waals surface area contributed by atoms with Gasteiger partial charge in [0, 0.05) is 17.7 Å². The van der Waals surface area contributed by atoms with Crippen LogP contribution in [0, 0.1) is 5.82 Å². The van der Waals surface area contributed by atoms with Crippen LogP contribution in [0.5, 0.6) is 11.6 Å². The Morgan fingerprint density at radius 2 is 1.94 bits per heavy atom. The van der Waals surface area contributed by atoms with Crippen LogP contribution in [0.4, 0.5) is 4.39 Å². The lowest BCUT2D eigenvalue weighted by molar-refractivity contribution is -0.132. The lowest BCUT2D eigenvalue weighted by Crippen LogP contribution is -2.70. The summed E-state index contributed by atoms with van der Waals surface area (Å²) in [6.45, 7) is -0.333. The van der Waals surface area contributed by atoms with Crippen molar-refractivity contribution in [2.24, 2.45) is 0 Å². The first-order chi connectivity index (χ1) is 15.2. The zero-order valence-corrected chi connectivity index (χ0v) is 17.9. The molecule has 4 N–H and O–H groups in total. The lowest BCUT2D eigenvalue weighted by Gasteiger charge is -2.56. The van der Waals surface area contributed by atoms with Gasteiger partial charge in [-0.05, 0) is 50.3 Å². The Balaban J connectivity index is 1.35. The van der Waals surface area contributed by atoms with Crippen LogP contribution in [0.25, 0.3) is 0 Å². The van der Waals surface area contributed by atoms with Crippen LogP contribution >= 0.6 is 11.6 Å². The maximum atomic E-state index is 13.5. The van der Waals surface area contributed by atoms with Gasteiger partial charge in [0.25, 0.3) is 11.8 Å². The number of aromatic nitrogens is 1. The van der Waals surface area contributed by atoms with E-state index in [9.17, 15) is 24.2 Å². The van der Waals surface area contributed by atoms with E-state index in [-0.39, 0.29) is 35.4 Å². The number of amides is 2. The standard InChI is InChI=1S/C22H23ClFN3O5/c23-14-5-4-13(10-15(14)24)32-12-19(30)26-22-8-6-21(7-9-22,11-17(22)28)27-20(31)16-2-1-3-18(29)25-16/h1-5,10,17,28H,6-9,11-12H2,(H,25,29)(H,26,30)(H,27,31). The second-order valence-corrected chi connectivity index (χ2v) is 8.81. The monoisotopic (exact) mass is 463 g/mol. The van der Waals surface area contributed by atoms with E-state index in [4.69, 9.17) is 16.3 Å². The number of ether oxygens (including phenoxy) is 1. The molecule has 2 amide bonds. The lowest BCUT2D eigenvalue weighted by atomic mass is 9.60. The van der Waals surface area contributed by atoms with Gasteiger partial charge in [-0.1, -0.05) is 17.7 Å². The Morgan fingerprint density at radius 3 is 2.59 bits per heavy atom. The fourth-order valence-corrected chi connectivity index (χ4v) is 4.66. The van der Waals surface area contributed by atoms with E-state index >= 15 is 0 Å². The first-order valence-electron chi connectivity index (χ1n) is 10.3. The maximum absolute atomic E-state index is 13.5. The summed E-state index contributed by atoms with van der Waals surface area (Å²) in [5.41, 5.74) is -1.31. The van der Waals surface area contributed by atoms with Crippen LogP contribution in [0.15, 0.2) is 36.4 Å². The number of halogens is 2. The van der Waals surface area contributed by atoms with Gasteiger partial charge < -0.3 is 25.6 Å². The molecule has 1 heterocycles. The van der Waals surface area contributed by atoms with Crippen molar-refractivity contribution in [1.29, 1.82) is 0 Å². The summed E-state index contributed by atoms with van der Waals surface area (Å²) in [7, 11) is 0. The number of hydrogen-bond acceptors (Lipinski definition) is 6. The number of nitrogens with zero attached hydrogens (tertiary/aromatic N) is 1. The highest BCUT2D eigenvalue weighted by Gasteiger charge is 2.55. The van der Waals surface area contributed by atoms with Gasteiger partial charge in [-0.15, -0.1) is 0 Å². The largest absolute Gasteiger partial charge is 0.493 e.